The lowest BCUT2D eigenvalue weighted by Crippen LogP contribution is -2.51. The number of phosphoric ester groups is 1. The fourth-order valence-corrected chi connectivity index (χ4v) is 9.35. The van der Waals surface area contributed by atoms with Gasteiger partial charge in [0.05, 0.1) is 39.9 Å². The maximum atomic E-state index is 13.0. The van der Waals surface area contributed by atoms with Crippen LogP contribution in [-0.2, 0) is 18.4 Å². The second-order valence-corrected chi connectivity index (χ2v) is 22.3. The van der Waals surface area contributed by atoms with Crippen molar-refractivity contribution in [1.29, 1.82) is 0 Å². The molecule has 0 aromatic carbocycles. The van der Waals surface area contributed by atoms with Gasteiger partial charge >= 0.3 is 7.82 Å². The van der Waals surface area contributed by atoms with Gasteiger partial charge in [0.15, 0.2) is 0 Å². The van der Waals surface area contributed by atoms with Crippen molar-refractivity contribution in [3.63, 3.8) is 0 Å². The molecule has 0 aromatic heterocycles. The highest BCUT2D eigenvalue weighted by Crippen LogP contribution is 2.43. The number of amides is 1. The number of nitrogens with one attached hydrogen (secondary N) is 1. The molecule has 4 unspecified atom stereocenters. The lowest BCUT2D eigenvalue weighted by molar-refractivity contribution is -0.870. The third-order valence-corrected chi connectivity index (χ3v) is 14.1. The predicted molar refractivity (Wildman–Crippen MR) is 278 cm³/mol. The van der Waals surface area contributed by atoms with Crippen molar-refractivity contribution in [3.8, 4) is 0 Å². The summed E-state index contributed by atoms with van der Waals surface area (Å²) in [5, 5.41) is 24.8. The van der Waals surface area contributed by atoms with Crippen molar-refractivity contribution >= 4 is 13.7 Å². The maximum Gasteiger partial charge on any atom is 0.472 e. The number of allylic oxidation sites excluding steroid dienone is 2. The highest BCUT2D eigenvalue weighted by molar-refractivity contribution is 7.47. The molecule has 0 aliphatic rings. The molecule has 0 bridgehead atoms. The molecular weight excluding hydrogens is 832 g/mol. The quantitative estimate of drug-likeness (QED) is 0.0207. The number of carbonyl (C=O) groups excluding carboxylic acids is 1. The number of hydrogen-bond donors (Lipinski definition) is 4. The Morgan fingerprint density at radius 3 is 1.23 bits per heavy atom. The van der Waals surface area contributed by atoms with E-state index in [4.69, 9.17) is 9.05 Å². The van der Waals surface area contributed by atoms with Crippen LogP contribution < -0.4 is 5.32 Å². The summed E-state index contributed by atoms with van der Waals surface area (Å²) < 4.78 is 23.6. The minimum atomic E-state index is -4.42. The van der Waals surface area contributed by atoms with Gasteiger partial charge in [-0.25, -0.2) is 4.57 Å². The van der Waals surface area contributed by atoms with E-state index in [9.17, 15) is 24.5 Å². The second-order valence-electron chi connectivity index (χ2n) is 20.8. The molecule has 1 amide bonds. The number of rotatable bonds is 52. The first-order valence-electron chi connectivity index (χ1n) is 28.1. The number of quaternary nitrogens is 1. The Labute approximate surface area is 404 Å². The molecule has 0 saturated carbocycles. The van der Waals surface area contributed by atoms with E-state index in [0.717, 1.165) is 38.5 Å². The summed E-state index contributed by atoms with van der Waals surface area (Å²) in [4.78, 5) is 23.3. The van der Waals surface area contributed by atoms with E-state index in [1.165, 1.54) is 212 Å². The van der Waals surface area contributed by atoms with Gasteiger partial charge in [-0.05, 0) is 38.5 Å². The molecule has 0 saturated heterocycles. The standard InChI is InChI=1S/C55H111N2O7P/c1-6-8-10-12-14-16-18-20-21-22-23-24-25-26-27-28-29-30-31-32-33-34-35-36-38-40-42-44-46-48-54(59)56-52(51-64-65(61,62)63-50-49-57(3,4)5)55(60)53(58)47-45-43-41-39-37-19-17-15-13-11-9-7-2/h22-23,52-53,55,58,60H,6-21,24-51H2,1-5H3,(H-,56,59,61,62)/p+1/b23-22-. The van der Waals surface area contributed by atoms with Crippen LogP contribution in [0.25, 0.3) is 0 Å². The van der Waals surface area contributed by atoms with E-state index >= 15 is 0 Å². The zero-order valence-electron chi connectivity index (χ0n) is 43.9. The highest BCUT2D eigenvalue weighted by atomic mass is 31.2. The number of phosphoric acid groups is 1. The van der Waals surface area contributed by atoms with Crippen LogP contribution in [0.3, 0.4) is 0 Å². The Balaban J connectivity index is 4.12. The number of aliphatic hydroxyl groups excluding tert-OH is 2. The van der Waals surface area contributed by atoms with Gasteiger partial charge in [0.1, 0.15) is 19.3 Å². The van der Waals surface area contributed by atoms with Crippen LogP contribution in [-0.4, -0.2) is 84.6 Å². The molecule has 4 atom stereocenters. The summed E-state index contributed by atoms with van der Waals surface area (Å²) in [5.74, 6) is -0.253. The lowest BCUT2D eigenvalue weighted by atomic mass is 9.99. The Morgan fingerprint density at radius 2 is 0.862 bits per heavy atom. The van der Waals surface area contributed by atoms with Crippen LogP contribution in [0.15, 0.2) is 12.2 Å². The van der Waals surface area contributed by atoms with E-state index in [0.29, 0.717) is 23.9 Å². The summed E-state index contributed by atoms with van der Waals surface area (Å²) in [6, 6.07) is -1.03. The Bertz CT molecular complexity index is 1090. The number of nitrogens with zero attached hydrogens (tertiary/aromatic N) is 1. The van der Waals surface area contributed by atoms with Gasteiger partial charge in [0, 0.05) is 6.42 Å². The van der Waals surface area contributed by atoms with E-state index in [2.05, 4.69) is 31.3 Å². The third-order valence-electron chi connectivity index (χ3n) is 13.1. The lowest BCUT2D eigenvalue weighted by Gasteiger charge is -2.28. The molecule has 0 aliphatic carbocycles. The van der Waals surface area contributed by atoms with Crippen molar-refractivity contribution in [1.82, 2.24) is 5.32 Å². The van der Waals surface area contributed by atoms with Crippen molar-refractivity contribution < 1.29 is 38.0 Å². The van der Waals surface area contributed by atoms with Crippen LogP contribution in [0, 0.1) is 0 Å². The summed E-state index contributed by atoms with van der Waals surface area (Å²) >= 11 is 0. The SMILES string of the molecule is CCCCCCCCCC/C=C\CCCCCCCCCCCCCCCCCCCC(=O)NC(COP(=O)(O)OCC[N+](C)(C)C)C(O)C(O)CCCCCCCCCCCCCC. The smallest absolute Gasteiger partial charge is 0.390 e. The van der Waals surface area contributed by atoms with Crippen molar-refractivity contribution in [3.05, 3.63) is 12.2 Å². The monoisotopic (exact) mass is 944 g/mol. The van der Waals surface area contributed by atoms with Gasteiger partial charge in [0.25, 0.3) is 0 Å². The average Bonchev–Trinajstić information content (AvgIpc) is 3.26. The van der Waals surface area contributed by atoms with Crippen LogP contribution >= 0.6 is 7.82 Å². The van der Waals surface area contributed by atoms with Crippen molar-refractivity contribution in [2.45, 2.75) is 295 Å². The number of hydrogen-bond acceptors (Lipinski definition) is 6. The number of aliphatic hydroxyl groups is 2. The predicted octanol–water partition coefficient (Wildman–Crippen LogP) is 15.6. The zero-order chi connectivity index (χ0) is 48.0. The van der Waals surface area contributed by atoms with Gasteiger partial charge in [-0.2, -0.15) is 0 Å². The topological polar surface area (TPSA) is 125 Å². The molecular formula is C55H112N2O7P+. The minimum absolute atomic E-state index is 0.0247. The van der Waals surface area contributed by atoms with Crippen molar-refractivity contribution in [2.24, 2.45) is 0 Å². The zero-order valence-corrected chi connectivity index (χ0v) is 44.8. The van der Waals surface area contributed by atoms with E-state index in [1.54, 1.807) is 0 Å². The van der Waals surface area contributed by atoms with E-state index in [1.807, 2.05) is 21.1 Å². The normalized spacial score (nSPS) is 14.5. The highest BCUT2D eigenvalue weighted by Gasteiger charge is 2.32. The van der Waals surface area contributed by atoms with Crippen LogP contribution in [0.2, 0.25) is 0 Å². The third kappa shape index (κ3) is 48.0. The average molecular weight is 944 g/mol. The molecule has 0 radical (unpaired) electrons. The number of likely N-dealkylation sites (N-methyl/N-ethyl adjacent to an activating group) is 1. The molecule has 65 heavy (non-hydrogen) atoms. The largest absolute Gasteiger partial charge is 0.472 e. The summed E-state index contributed by atoms with van der Waals surface area (Å²) in [6.07, 6.45) is 53.0. The first-order chi connectivity index (χ1) is 31.4. The first kappa shape index (κ1) is 64.2. The van der Waals surface area contributed by atoms with E-state index < -0.39 is 32.7 Å². The molecule has 4 N–H and O–H groups in total. The molecule has 0 heterocycles. The fourth-order valence-electron chi connectivity index (χ4n) is 8.61. The first-order valence-corrected chi connectivity index (χ1v) is 29.6. The van der Waals surface area contributed by atoms with E-state index in [-0.39, 0.29) is 12.5 Å². The molecule has 388 valence electrons. The summed E-state index contributed by atoms with van der Waals surface area (Å²) in [5.41, 5.74) is 0. The van der Waals surface area contributed by atoms with Gasteiger partial charge in [0.2, 0.25) is 5.91 Å². The van der Waals surface area contributed by atoms with Crippen LogP contribution in [0.5, 0.6) is 0 Å². The number of unbranched alkanes of at least 4 members (excludes halogenated alkanes) is 36. The van der Waals surface area contributed by atoms with Gasteiger partial charge < -0.3 is 24.9 Å². The molecule has 0 aliphatic heterocycles. The second kappa shape index (κ2) is 46.9. The molecule has 9 nitrogen and oxygen atoms in total. The summed E-state index contributed by atoms with van der Waals surface area (Å²) in [6.45, 7) is 4.63. The van der Waals surface area contributed by atoms with Crippen LogP contribution in [0.4, 0.5) is 0 Å². The molecule has 10 heteroatoms. The van der Waals surface area contributed by atoms with Gasteiger partial charge in [-0.3, -0.25) is 13.8 Å². The van der Waals surface area contributed by atoms with Crippen LogP contribution in [0.1, 0.15) is 277 Å². The maximum absolute atomic E-state index is 13.0. The Kier molecular flexibility index (Phi) is 46.3. The Morgan fingerprint density at radius 1 is 0.523 bits per heavy atom. The molecule has 0 rings (SSSR count). The molecule has 0 aromatic rings. The molecule has 0 spiro atoms. The van der Waals surface area contributed by atoms with Gasteiger partial charge in [-0.15, -0.1) is 0 Å². The number of carbonyl (C=O) groups is 1. The Hall–Kier alpha value is -0.800. The minimum Gasteiger partial charge on any atom is -0.390 e. The summed E-state index contributed by atoms with van der Waals surface area (Å²) in [7, 11) is 1.45. The van der Waals surface area contributed by atoms with Crippen molar-refractivity contribution in [2.75, 3.05) is 40.9 Å². The molecule has 0 fully saturated rings. The van der Waals surface area contributed by atoms with Gasteiger partial charge in [-0.1, -0.05) is 244 Å². The fraction of sp³-hybridized carbons (Fsp3) is 0.945.